The standard InChI is InChI=1S/C23H24N6O3/c1-5-31-23(30)21-26-10-11-29(21)15-8-6-14(7-9-15)17-16(12-24)20(25)32-22-18(17)19(13(2)3)27-28(22)4/h6-11,13,17H,5,25H2,1-4H3. The third kappa shape index (κ3) is 3.39. The summed E-state index contributed by atoms with van der Waals surface area (Å²) < 4.78 is 14.2. The van der Waals surface area contributed by atoms with Crippen LogP contribution in [0.2, 0.25) is 0 Å². The van der Waals surface area contributed by atoms with Gasteiger partial charge in [0.1, 0.15) is 11.6 Å². The average Bonchev–Trinajstić information content (AvgIpc) is 3.38. The van der Waals surface area contributed by atoms with E-state index in [-0.39, 0.29) is 24.2 Å². The van der Waals surface area contributed by atoms with Gasteiger partial charge in [-0.05, 0) is 30.5 Å². The van der Waals surface area contributed by atoms with Crippen molar-refractivity contribution in [1.82, 2.24) is 19.3 Å². The average molecular weight is 432 g/mol. The number of ether oxygens (including phenoxy) is 2. The molecule has 3 heterocycles. The first-order valence-electron chi connectivity index (χ1n) is 10.3. The molecule has 0 aliphatic carbocycles. The van der Waals surface area contributed by atoms with Crippen molar-refractivity contribution in [3.63, 3.8) is 0 Å². The van der Waals surface area contributed by atoms with Crippen LogP contribution >= 0.6 is 0 Å². The monoisotopic (exact) mass is 432 g/mol. The molecule has 32 heavy (non-hydrogen) atoms. The fourth-order valence-corrected chi connectivity index (χ4v) is 3.95. The minimum absolute atomic E-state index is 0.0755. The van der Waals surface area contributed by atoms with E-state index in [0.29, 0.717) is 11.5 Å². The predicted molar refractivity (Wildman–Crippen MR) is 116 cm³/mol. The highest BCUT2D eigenvalue weighted by atomic mass is 16.5. The molecule has 1 atom stereocenters. The largest absolute Gasteiger partial charge is 0.460 e. The Balaban J connectivity index is 1.79. The number of hydrogen-bond donors (Lipinski definition) is 1. The number of aryl methyl sites for hydroxylation is 1. The summed E-state index contributed by atoms with van der Waals surface area (Å²) in [4.78, 5) is 16.3. The molecule has 3 aromatic rings. The third-order valence-electron chi connectivity index (χ3n) is 5.38. The lowest BCUT2D eigenvalue weighted by Gasteiger charge is -2.25. The smallest absolute Gasteiger partial charge is 0.374 e. The van der Waals surface area contributed by atoms with Gasteiger partial charge in [0.15, 0.2) is 0 Å². The Kier molecular flexibility index (Phi) is 5.45. The number of carbonyl (C=O) groups is 1. The summed E-state index contributed by atoms with van der Waals surface area (Å²) in [7, 11) is 1.80. The van der Waals surface area contributed by atoms with Gasteiger partial charge in [0.25, 0.3) is 0 Å². The molecule has 1 aromatic carbocycles. The number of nitrogens with two attached hydrogens (primary N) is 1. The quantitative estimate of drug-likeness (QED) is 0.615. The molecule has 164 valence electrons. The Morgan fingerprint density at radius 2 is 2.06 bits per heavy atom. The van der Waals surface area contributed by atoms with E-state index in [9.17, 15) is 10.1 Å². The van der Waals surface area contributed by atoms with Crippen LogP contribution < -0.4 is 10.5 Å². The minimum Gasteiger partial charge on any atom is -0.460 e. The van der Waals surface area contributed by atoms with Gasteiger partial charge in [0.2, 0.25) is 17.6 Å². The second kappa shape index (κ2) is 8.23. The minimum atomic E-state index is -0.491. The Bertz CT molecular complexity index is 1240. The number of allylic oxidation sites excluding steroid dienone is 1. The number of hydrogen-bond acceptors (Lipinski definition) is 7. The van der Waals surface area contributed by atoms with E-state index >= 15 is 0 Å². The first-order valence-corrected chi connectivity index (χ1v) is 10.3. The van der Waals surface area contributed by atoms with E-state index in [0.717, 1.165) is 22.5 Å². The van der Waals surface area contributed by atoms with Crippen molar-refractivity contribution < 1.29 is 14.3 Å². The number of imidazole rings is 1. The maximum absolute atomic E-state index is 12.2. The lowest BCUT2D eigenvalue weighted by molar-refractivity contribution is 0.0510. The van der Waals surface area contributed by atoms with Gasteiger partial charge >= 0.3 is 5.97 Å². The summed E-state index contributed by atoms with van der Waals surface area (Å²) in [5, 5.41) is 14.5. The van der Waals surface area contributed by atoms with Crippen LogP contribution in [0.15, 0.2) is 48.1 Å². The molecule has 0 spiro atoms. The normalized spacial score (nSPS) is 15.3. The van der Waals surface area contributed by atoms with Gasteiger partial charge in [-0.3, -0.25) is 4.57 Å². The van der Waals surface area contributed by atoms with Gasteiger partial charge in [-0.25, -0.2) is 14.5 Å². The molecule has 4 rings (SSSR count). The third-order valence-corrected chi connectivity index (χ3v) is 5.38. The van der Waals surface area contributed by atoms with Crippen LogP contribution in [0.25, 0.3) is 5.69 Å². The second-order valence-corrected chi connectivity index (χ2v) is 7.74. The molecule has 0 amide bonds. The van der Waals surface area contributed by atoms with Crippen molar-refractivity contribution >= 4 is 5.97 Å². The number of carbonyl (C=O) groups excluding carboxylic acids is 1. The molecule has 9 heteroatoms. The van der Waals surface area contributed by atoms with Gasteiger partial charge in [0, 0.05) is 25.1 Å². The molecule has 2 aromatic heterocycles. The zero-order valence-electron chi connectivity index (χ0n) is 18.4. The van der Waals surface area contributed by atoms with Crippen molar-refractivity contribution in [3.05, 3.63) is 70.8 Å². The van der Waals surface area contributed by atoms with E-state index in [1.54, 1.807) is 35.6 Å². The summed E-state index contributed by atoms with van der Waals surface area (Å²) in [6, 6.07) is 9.77. The number of benzene rings is 1. The molecule has 0 saturated carbocycles. The molecule has 2 N–H and O–H groups in total. The summed E-state index contributed by atoms with van der Waals surface area (Å²) in [5.41, 5.74) is 9.76. The maximum atomic E-state index is 12.2. The van der Waals surface area contributed by atoms with Crippen molar-refractivity contribution in [1.29, 1.82) is 5.26 Å². The van der Waals surface area contributed by atoms with Crippen molar-refractivity contribution in [3.8, 4) is 17.6 Å². The molecule has 1 aliphatic heterocycles. The van der Waals surface area contributed by atoms with E-state index in [2.05, 4.69) is 16.2 Å². The summed E-state index contributed by atoms with van der Waals surface area (Å²) >= 11 is 0. The van der Waals surface area contributed by atoms with Gasteiger partial charge in [0.05, 0.1) is 23.8 Å². The Labute approximate surface area is 185 Å². The molecule has 1 unspecified atom stereocenters. The highest BCUT2D eigenvalue weighted by Crippen LogP contribution is 2.45. The lowest BCUT2D eigenvalue weighted by Crippen LogP contribution is -2.22. The van der Waals surface area contributed by atoms with Crippen molar-refractivity contribution in [2.45, 2.75) is 32.6 Å². The number of aromatic nitrogens is 4. The number of fused-ring (bicyclic) bond motifs is 1. The molecular formula is C23H24N6O3. The summed E-state index contributed by atoms with van der Waals surface area (Å²) in [5.74, 6) is 0.0492. The van der Waals surface area contributed by atoms with Gasteiger partial charge in [-0.15, -0.1) is 0 Å². The van der Waals surface area contributed by atoms with Gasteiger partial charge in [-0.1, -0.05) is 26.0 Å². The van der Waals surface area contributed by atoms with E-state index in [1.165, 1.54) is 0 Å². The molecular weight excluding hydrogens is 408 g/mol. The molecule has 9 nitrogen and oxygen atoms in total. The second-order valence-electron chi connectivity index (χ2n) is 7.74. The number of nitrogens with zero attached hydrogens (tertiary/aromatic N) is 5. The van der Waals surface area contributed by atoms with E-state index in [4.69, 9.17) is 15.2 Å². The number of esters is 1. The zero-order chi connectivity index (χ0) is 23.0. The van der Waals surface area contributed by atoms with E-state index < -0.39 is 11.9 Å². The molecule has 0 radical (unpaired) electrons. The molecule has 0 bridgehead atoms. The Morgan fingerprint density at radius 3 is 2.69 bits per heavy atom. The Morgan fingerprint density at radius 1 is 1.34 bits per heavy atom. The first-order chi connectivity index (χ1) is 15.4. The molecule has 0 saturated heterocycles. The molecule has 1 aliphatic rings. The number of rotatable bonds is 5. The predicted octanol–water partition coefficient (Wildman–Crippen LogP) is 3.12. The van der Waals surface area contributed by atoms with Gasteiger partial charge in [-0.2, -0.15) is 10.4 Å². The lowest BCUT2D eigenvalue weighted by atomic mass is 9.82. The topological polar surface area (TPSA) is 121 Å². The van der Waals surface area contributed by atoms with Crippen LogP contribution in [0, 0.1) is 11.3 Å². The van der Waals surface area contributed by atoms with Crippen molar-refractivity contribution in [2.24, 2.45) is 12.8 Å². The fourth-order valence-electron chi connectivity index (χ4n) is 3.95. The van der Waals surface area contributed by atoms with Crippen LogP contribution in [-0.2, 0) is 11.8 Å². The molecule has 0 fully saturated rings. The maximum Gasteiger partial charge on any atom is 0.374 e. The van der Waals surface area contributed by atoms with E-state index in [1.807, 2.05) is 38.1 Å². The van der Waals surface area contributed by atoms with Gasteiger partial charge < -0.3 is 15.2 Å². The van der Waals surface area contributed by atoms with Crippen LogP contribution in [0.4, 0.5) is 0 Å². The first kappa shape index (κ1) is 21.2. The van der Waals surface area contributed by atoms with Crippen LogP contribution in [0.5, 0.6) is 5.88 Å². The Hall–Kier alpha value is -4.06. The van der Waals surface area contributed by atoms with Crippen LogP contribution in [0.3, 0.4) is 0 Å². The van der Waals surface area contributed by atoms with Crippen LogP contribution in [-0.4, -0.2) is 31.9 Å². The van der Waals surface area contributed by atoms with Crippen LogP contribution in [0.1, 0.15) is 60.0 Å². The highest BCUT2D eigenvalue weighted by molar-refractivity contribution is 5.86. The van der Waals surface area contributed by atoms with Crippen molar-refractivity contribution in [2.75, 3.05) is 6.61 Å². The highest BCUT2D eigenvalue weighted by Gasteiger charge is 2.36. The summed E-state index contributed by atoms with van der Waals surface area (Å²) in [6.07, 6.45) is 3.25. The number of nitriles is 1. The summed E-state index contributed by atoms with van der Waals surface area (Å²) in [6.45, 7) is 6.11. The zero-order valence-corrected chi connectivity index (χ0v) is 18.4. The fraction of sp³-hybridized carbons (Fsp3) is 0.304. The SMILES string of the molecule is CCOC(=O)c1nccn1-c1ccc(C2C(C#N)=C(N)Oc3c2c(C(C)C)nn3C)cc1.